The fraction of sp³-hybridized carbons (Fsp3) is 0.393. The zero-order chi connectivity index (χ0) is 26.8. The number of allylic oxidation sites excluding steroid dienone is 2. The van der Waals surface area contributed by atoms with Gasteiger partial charge < -0.3 is 16.0 Å². The van der Waals surface area contributed by atoms with Gasteiger partial charge >= 0.3 is 6.03 Å². The lowest BCUT2D eigenvalue weighted by Crippen LogP contribution is -2.53. The topological polar surface area (TPSA) is 83.4 Å². The molecule has 1 saturated carbocycles. The quantitative estimate of drug-likeness (QED) is 0.400. The number of aromatic nitrogens is 3. The van der Waals surface area contributed by atoms with E-state index in [9.17, 15) is 13.6 Å². The predicted molar refractivity (Wildman–Crippen MR) is 144 cm³/mol. The summed E-state index contributed by atoms with van der Waals surface area (Å²) in [5.41, 5.74) is 3.21. The Bertz CT molecular complexity index is 1210. The van der Waals surface area contributed by atoms with Crippen LogP contribution in [0.3, 0.4) is 0 Å². The van der Waals surface area contributed by atoms with Crippen molar-refractivity contribution in [3.63, 3.8) is 0 Å². The molecule has 2 aromatic heterocycles. The first kappa shape index (κ1) is 28.0. The highest BCUT2D eigenvalue weighted by atomic mass is 19.1. The third-order valence-electron chi connectivity index (χ3n) is 5.94. The van der Waals surface area contributed by atoms with Gasteiger partial charge in [0, 0.05) is 37.5 Å². The van der Waals surface area contributed by atoms with E-state index in [-0.39, 0.29) is 6.03 Å². The molecule has 0 spiro atoms. The third-order valence-corrected chi connectivity index (χ3v) is 5.94. The molecular weight excluding hydrogens is 474 g/mol. The Morgan fingerprint density at radius 3 is 2.49 bits per heavy atom. The van der Waals surface area contributed by atoms with Gasteiger partial charge in [-0.25, -0.2) is 14.2 Å². The Morgan fingerprint density at radius 1 is 1.30 bits per heavy atom. The van der Waals surface area contributed by atoms with Crippen LogP contribution in [-0.2, 0) is 6.42 Å². The zero-order valence-electron chi connectivity index (χ0n) is 21.7. The van der Waals surface area contributed by atoms with Crippen molar-refractivity contribution in [1.29, 1.82) is 0 Å². The first-order chi connectivity index (χ1) is 17.8. The van der Waals surface area contributed by atoms with E-state index < -0.39 is 11.6 Å². The number of nitrogens with one attached hydrogen (secondary N) is 3. The van der Waals surface area contributed by atoms with Crippen LogP contribution in [0, 0.1) is 5.95 Å². The monoisotopic (exact) mass is 510 g/mol. The van der Waals surface area contributed by atoms with Crippen LogP contribution in [0.2, 0.25) is 0 Å². The van der Waals surface area contributed by atoms with Crippen LogP contribution in [-0.4, -0.2) is 46.4 Å². The number of fused-ring (bicyclic) bond motifs is 1. The molecule has 198 valence electrons. The molecule has 2 aliphatic rings. The number of rotatable bonds is 6. The fourth-order valence-corrected chi connectivity index (χ4v) is 3.66. The van der Waals surface area contributed by atoms with Crippen LogP contribution in [0.5, 0.6) is 0 Å². The van der Waals surface area contributed by atoms with Gasteiger partial charge in [0.25, 0.3) is 0 Å². The average molecular weight is 511 g/mol. The molecule has 0 bridgehead atoms. The van der Waals surface area contributed by atoms with Gasteiger partial charge in [-0.2, -0.15) is 14.0 Å². The molecule has 3 aromatic rings. The molecule has 1 saturated heterocycles. The van der Waals surface area contributed by atoms with E-state index in [2.05, 4.69) is 69.9 Å². The van der Waals surface area contributed by atoms with E-state index in [1.807, 2.05) is 6.07 Å². The summed E-state index contributed by atoms with van der Waals surface area (Å²) in [6.45, 7) is 8.59. The molecule has 3 N–H and O–H groups in total. The molecule has 3 heterocycles. The highest BCUT2D eigenvalue weighted by Gasteiger charge is 2.30. The lowest BCUT2D eigenvalue weighted by atomic mass is 10.0. The summed E-state index contributed by atoms with van der Waals surface area (Å²) in [6.07, 6.45) is 8.80. The lowest BCUT2D eigenvalue weighted by molar-refractivity contribution is 0.113. The van der Waals surface area contributed by atoms with Crippen molar-refractivity contribution in [3.05, 3.63) is 84.2 Å². The number of hydrogen-bond donors (Lipinski definition) is 3. The second kappa shape index (κ2) is 13.1. The molecule has 9 heteroatoms. The highest BCUT2D eigenvalue weighted by molar-refractivity contribution is 5.79. The number of aryl methyl sites for hydroxylation is 1. The van der Waals surface area contributed by atoms with Crippen LogP contribution in [0.25, 0.3) is 11.2 Å². The van der Waals surface area contributed by atoms with Crippen LogP contribution in [0.15, 0.2) is 61.4 Å². The van der Waals surface area contributed by atoms with E-state index in [4.69, 9.17) is 0 Å². The smallest absolute Gasteiger partial charge is 0.318 e. The van der Waals surface area contributed by atoms with Gasteiger partial charge in [-0.15, -0.1) is 0 Å². The number of carbonyl (C=O) groups excluding carboxylic acids is 1. The Morgan fingerprint density at radius 2 is 1.97 bits per heavy atom. The van der Waals surface area contributed by atoms with Crippen molar-refractivity contribution in [1.82, 2.24) is 30.5 Å². The summed E-state index contributed by atoms with van der Waals surface area (Å²) < 4.78 is 27.2. The molecule has 2 fully saturated rings. The van der Waals surface area contributed by atoms with Crippen molar-refractivity contribution in [2.45, 2.75) is 51.1 Å². The first-order valence-electron chi connectivity index (χ1n) is 12.6. The summed E-state index contributed by atoms with van der Waals surface area (Å²) in [6, 6.07) is 12.1. The molecule has 2 amide bonds. The minimum atomic E-state index is -0.889. The summed E-state index contributed by atoms with van der Waals surface area (Å²) in [5.74, 6) is -0.120. The van der Waals surface area contributed by atoms with Crippen LogP contribution < -0.4 is 16.0 Å². The van der Waals surface area contributed by atoms with E-state index >= 15 is 0 Å². The van der Waals surface area contributed by atoms with Gasteiger partial charge in [0.15, 0.2) is 5.65 Å². The van der Waals surface area contributed by atoms with Gasteiger partial charge in [0.05, 0.1) is 11.9 Å². The van der Waals surface area contributed by atoms with Gasteiger partial charge in [-0.05, 0) is 43.7 Å². The van der Waals surface area contributed by atoms with E-state index in [1.165, 1.54) is 36.2 Å². The van der Waals surface area contributed by atoms with E-state index in [0.29, 0.717) is 35.9 Å². The van der Waals surface area contributed by atoms with Crippen molar-refractivity contribution >= 4 is 17.3 Å². The lowest BCUT2D eigenvalue weighted by Gasteiger charge is -2.30. The molecular formula is C28H36F2N6O. The molecule has 1 aliphatic heterocycles. The van der Waals surface area contributed by atoms with Crippen molar-refractivity contribution in [3.8, 4) is 0 Å². The Labute approximate surface area is 217 Å². The number of carbonyl (C=O) groups is 1. The van der Waals surface area contributed by atoms with Gasteiger partial charge in [-0.3, -0.25) is 0 Å². The standard InChI is InChI=1S/C15H16FN5O.C9H12.C4H8FN/c1-3-9(7-19-15(22)17-2)12-6-11(10-4-5-10)14-18-8-13(16)21(14)20-12;1-2-6-9-7-4-3-5-8-9;1-4(5)2-6-3-4/h3,6-8,10H,1,4-5H2,2H3,(H2,17,19,22);3-5,7-8H,2,6H2,1H3;6H,2-3H2,1H3/b9-7+;;. The molecule has 0 atom stereocenters. The Kier molecular flexibility index (Phi) is 9.91. The van der Waals surface area contributed by atoms with Crippen molar-refractivity contribution < 1.29 is 13.6 Å². The summed E-state index contributed by atoms with van der Waals surface area (Å²) >= 11 is 0. The SMILES string of the molecule is C=C/C(=C\NC(=O)NC)c1cc(C2CC2)c2ncc(F)n2n1.CC1(F)CNC1.CCCc1ccccc1. The second-order valence-electron chi connectivity index (χ2n) is 9.36. The third kappa shape index (κ3) is 8.21. The number of alkyl halides is 1. The maximum Gasteiger partial charge on any atom is 0.318 e. The molecule has 5 rings (SSSR count). The number of halogens is 2. The number of nitrogens with zero attached hydrogens (tertiary/aromatic N) is 3. The molecule has 7 nitrogen and oxygen atoms in total. The van der Waals surface area contributed by atoms with Gasteiger partial charge in [0.1, 0.15) is 5.67 Å². The number of amides is 2. The Hall–Kier alpha value is -3.59. The van der Waals surface area contributed by atoms with Crippen LogP contribution in [0.4, 0.5) is 13.6 Å². The van der Waals surface area contributed by atoms with Gasteiger partial charge in [-0.1, -0.05) is 56.3 Å². The van der Waals surface area contributed by atoms with Gasteiger partial charge in [0.2, 0.25) is 5.95 Å². The Balaban J connectivity index is 0.000000206. The minimum Gasteiger partial charge on any atom is -0.341 e. The largest absolute Gasteiger partial charge is 0.341 e. The molecule has 37 heavy (non-hydrogen) atoms. The molecule has 1 aliphatic carbocycles. The van der Waals surface area contributed by atoms with E-state index in [0.717, 1.165) is 24.6 Å². The van der Waals surface area contributed by atoms with Crippen molar-refractivity contribution in [2.24, 2.45) is 0 Å². The average Bonchev–Trinajstić information content (AvgIpc) is 3.67. The number of urea groups is 1. The van der Waals surface area contributed by atoms with E-state index in [1.54, 1.807) is 13.0 Å². The first-order valence-corrected chi connectivity index (χ1v) is 12.6. The predicted octanol–water partition coefficient (Wildman–Crippen LogP) is 5.16. The highest BCUT2D eigenvalue weighted by Crippen LogP contribution is 2.42. The van der Waals surface area contributed by atoms with Crippen LogP contribution >= 0.6 is 0 Å². The zero-order valence-corrected chi connectivity index (χ0v) is 21.7. The molecule has 1 aromatic carbocycles. The van der Waals surface area contributed by atoms with Crippen molar-refractivity contribution in [2.75, 3.05) is 20.1 Å². The number of benzene rings is 1. The summed E-state index contributed by atoms with van der Waals surface area (Å²) in [4.78, 5) is 15.4. The normalized spacial score (nSPS) is 15.9. The fourth-order valence-electron chi connectivity index (χ4n) is 3.66. The molecule has 0 radical (unpaired) electrons. The maximum absolute atomic E-state index is 13.8. The number of hydrogen-bond acceptors (Lipinski definition) is 4. The maximum atomic E-state index is 13.8. The molecule has 0 unspecified atom stereocenters. The van der Waals surface area contributed by atoms with Crippen LogP contribution in [0.1, 0.15) is 55.8 Å². The summed E-state index contributed by atoms with van der Waals surface area (Å²) in [7, 11) is 1.52. The minimum absolute atomic E-state index is 0.350. The summed E-state index contributed by atoms with van der Waals surface area (Å²) in [5, 5.41) is 12.1. The number of imidazole rings is 1. The second-order valence-corrected chi connectivity index (χ2v) is 9.36.